The van der Waals surface area contributed by atoms with Crippen molar-refractivity contribution in [2.45, 2.75) is 26.3 Å². The summed E-state index contributed by atoms with van der Waals surface area (Å²) in [6.07, 6.45) is 0.635. The fraction of sp³-hybridized carbons (Fsp3) is 0.429. The van der Waals surface area contributed by atoms with Crippen molar-refractivity contribution in [1.29, 1.82) is 0 Å². The number of rotatable bonds is 5. The molecule has 0 heterocycles. The molecule has 6 heteroatoms. The molecule has 0 aromatic heterocycles. The lowest BCUT2D eigenvalue weighted by Gasteiger charge is -2.31. The van der Waals surface area contributed by atoms with E-state index in [1.165, 1.54) is 35.0 Å². The lowest BCUT2D eigenvalue weighted by Crippen LogP contribution is -2.48. The van der Waals surface area contributed by atoms with Gasteiger partial charge in [-0.1, -0.05) is 13.0 Å². The Morgan fingerprint density at radius 3 is 2.55 bits per heavy atom. The highest BCUT2D eigenvalue weighted by atomic mass is 19.1. The van der Waals surface area contributed by atoms with Crippen LogP contribution in [-0.4, -0.2) is 41.6 Å². The largest absolute Gasteiger partial charge is 0.480 e. The molecule has 0 fully saturated rings. The molecule has 2 amide bonds. The summed E-state index contributed by atoms with van der Waals surface area (Å²) in [4.78, 5) is 25.7. The molecular weight excluding hydrogens is 263 g/mol. The van der Waals surface area contributed by atoms with E-state index in [0.29, 0.717) is 12.1 Å². The predicted octanol–water partition coefficient (Wildman–Crippen LogP) is 2.57. The summed E-state index contributed by atoms with van der Waals surface area (Å²) in [6, 6.07) is 4.93. The maximum absolute atomic E-state index is 13.2. The average molecular weight is 282 g/mol. The van der Waals surface area contributed by atoms with Crippen LogP contribution < -0.4 is 4.90 Å². The van der Waals surface area contributed by atoms with Gasteiger partial charge in [0.2, 0.25) is 0 Å². The Morgan fingerprint density at radius 2 is 2.05 bits per heavy atom. The SMILES string of the molecule is CCC(C)N(CC(=O)O)C(=O)N(C)c1cccc(F)c1. The molecule has 5 nitrogen and oxygen atoms in total. The van der Waals surface area contributed by atoms with E-state index in [-0.39, 0.29) is 12.6 Å². The molecule has 20 heavy (non-hydrogen) atoms. The monoisotopic (exact) mass is 282 g/mol. The molecule has 0 radical (unpaired) electrons. The van der Waals surface area contributed by atoms with Crippen molar-refractivity contribution in [2.75, 3.05) is 18.5 Å². The molecule has 0 bridgehead atoms. The van der Waals surface area contributed by atoms with Gasteiger partial charge >= 0.3 is 12.0 Å². The second kappa shape index (κ2) is 6.88. The van der Waals surface area contributed by atoms with Crippen LogP contribution in [0.1, 0.15) is 20.3 Å². The molecule has 0 saturated heterocycles. The van der Waals surface area contributed by atoms with Crippen LogP contribution in [0.3, 0.4) is 0 Å². The molecule has 0 saturated carbocycles. The van der Waals surface area contributed by atoms with E-state index in [4.69, 9.17) is 5.11 Å². The van der Waals surface area contributed by atoms with Gasteiger partial charge in [-0.05, 0) is 31.5 Å². The first-order valence-electron chi connectivity index (χ1n) is 6.38. The van der Waals surface area contributed by atoms with Crippen LogP contribution in [0.25, 0.3) is 0 Å². The van der Waals surface area contributed by atoms with Crippen LogP contribution in [0, 0.1) is 5.82 Å². The third-order valence-electron chi connectivity index (χ3n) is 3.16. The number of hydrogen-bond acceptors (Lipinski definition) is 2. The molecule has 1 aromatic rings. The number of halogens is 1. The Morgan fingerprint density at radius 1 is 1.40 bits per heavy atom. The molecule has 1 unspecified atom stereocenters. The Bertz CT molecular complexity index is 493. The summed E-state index contributed by atoms with van der Waals surface area (Å²) >= 11 is 0. The summed E-state index contributed by atoms with van der Waals surface area (Å²) in [5, 5.41) is 8.90. The van der Waals surface area contributed by atoms with Gasteiger partial charge in [0.15, 0.2) is 0 Å². The van der Waals surface area contributed by atoms with Gasteiger partial charge in [-0.15, -0.1) is 0 Å². The fourth-order valence-corrected chi connectivity index (χ4v) is 1.77. The smallest absolute Gasteiger partial charge is 0.324 e. The van der Waals surface area contributed by atoms with Gasteiger partial charge in [-0.2, -0.15) is 0 Å². The zero-order valence-corrected chi connectivity index (χ0v) is 11.8. The Balaban J connectivity index is 2.96. The van der Waals surface area contributed by atoms with E-state index < -0.39 is 17.8 Å². The van der Waals surface area contributed by atoms with Gasteiger partial charge in [0.05, 0.1) is 0 Å². The molecule has 1 N–H and O–H groups in total. The fourth-order valence-electron chi connectivity index (χ4n) is 1.77. The summed E-state index contributed by atoms with van der Waals surface area (Å²) in [5.74, 6) is -1.53. The molecule has 0 aliphatic heterocycles. The van der Waals surface area contributed by atoms with Crippen molar-refractivity contribution >= 4 is 17.7 Å². The number of anilines is 1. The molecular formula is C14H19FN2O3. The zero-order valence-electron chi connectivity index (χ0n) is 11.8. The highest BCUT2D eigenvalue weighted by Gasteiger charge is 2.25. The van der Waals surface area contributed by atoms with Gasteiger partial charge in [0, 0.05) is 18.8 Å². The van der Waals surface area contributed by atoms with E-state index in [0.717, 1.165) is 0 Å². The number of aliphatic carboxylic acids is 1. The van der Waals surface area contributed by atoms with Crippen LogP contribution in [0.5, 0.6) is 0 Å². The number of carboxylic acids is 1. The number of carbonyl (C=O) groups is 2. The second-order valence-electron chi connectivity index (χ2n) is 4.60. The number of carboxylic acid groups (broad SMARTS) is 1. The normalized spacial score (nSPS) is 11.8. The molecule has 110 valence electrons. The van der Waals surface area contributed by atoms with Crippen LogP contribution in [0.2, 0.25) is 0 Å². The minimum atomic E-state index is -1.08. The molecule has 0 aliphatic rings. The van der Waals surface area contributed by atoms with Gasteiger partial charge in [-0.25, -0.2) is 9.18 Å². The maximum Gasteiger partial charge on any atom is 0.324 e. The van der Waals surface area contributed by atoms with Crippen LogP contribution in [0.15, 0.2) is 24.3 Å². The first kappa shape index (κ1) is 15.9. The molecule has 1 atom stereocenters. The third kappa shape index (κ3) is 3.94. The highest BCUT2D eigenvalue weighted by Crippen LogP contribution is 2.17. The maximum atomic E-state index is 13.2. The first-order chi connectivity index (χ1) is 9.36. The average Bonchev–Trinajstić information content (AvgIpc) is 2.42. The standard InChI is InChI=1S/C14H19FN2O3/c1-4-10(2)17(9-13(18)19)14(20)16(3)12-7-5-6-11(15)8-12/h5-8,10H,4,9H2,1-3H3,(H,18,19). The Hall–Kier alpha value is -2.11. The number of nitrogens with zero attached hydrogens (tertiary/aromatic N) is 2. The van der Waals surface area contributed by atoms with Gasteiger partial charge in [0.25, 0.3) is 0 Å². The summed E-state index contributed by atoms with van der Waals surface area (Å²) in [7, 11) is 1.49. The lowest BCUT2D eigenvalue weighted by atomic mass is 10.2. The second-order valence-corrected chi connectivity index (χ2v) is 4.60. The van der Waals surface area contributed by atoms with Crippen LogP contribution in [0.4, 0.5) is 14.9 Å². The summed E-state index contributed by atoms with van der Waals surface area (Å²) in [6.45, 7) is 3.27. The third-order valence-corrected chi connectivity index (χ3v) is 3.16. The Kier molecular flexibility index (Phi) is 5.49. The topological polar surface area (TPSA) is 60.9 Å². The van der Waals surface area contributed by atoms with E-state index in [1.54, 1.807) is 13.0 Å². The Labute approximate surface area is 117 Å². The number of amides is 2. The molecule has 1 rings (SSSR count). The van der Waals surface area contributed by atoms with E-state index in [2.05, 4.69) is 0 Å². The van der Waals surface area contributed by atoms with E-state index in [9.17, 15) is 14.0 Å². The van der Waals surface area contributed by atoms with Gasteiger partial charge < -0.3 is 10.0 Å². The van der Waals surface area contributed by atoms with Crippen LogP contribution >= 0.6 is 0 Å². The predicted molar refractivity (Wildman–Crippen MR) is 74.3 cm³/mol. The van der Waals surface area contributed by atoms with Crippen molar-refractivity contribution in [3.8, 4) is 0 Å². The van der Waals surface area contributed by atoms with Crippen molar-refractivity contribution in [3.63, 3.8) is 0 Å². The summed E-state index contributed by atoms with van der Waals surface area (Å²) < 4.78 is 13.2. The number of urea groups is 1. The van der Waals surface area contributed by atoms with E-state index >= 15 is 0 Å². The first-order valence-corrected chi connectivity index (χ1v) is 6.38. The quantitative estimate of drug-likeness (QED) is 0.903. The van der Waals surface area contributed by atoms with Crippen molar-refractivity contribution in [2.24, 2.45) is 0 Å². The van der Waals surface area contributed by atoms with Gasteiger partial charge in [-0.3, -0.25) is 9.69 Å². The van der Waals surface area contributed by atoms with Crippen molar-refractivity contribution in [1.82, 2.24) is 4.90 Å². The highest BCUT2D eigenvalue weighted by molar-refractivity contribution is 5.93. The molecule has 0 aliphatic carbocycles. The minimum absolute atomic E-state index is 0.213. The zero-order chi connectivity index (χ0) is 15.3. The van der Waals surface area contributed by atoms with E-state index in [1.807, 2.05) is 6.92 Å². The number of hydrogen-bond donors (Lipinski definition) is 1. The van der Waals surface area contributed by atoms with Crippen molar-refractivity contribution < 1.29 is 19.1 Å². The number of carbonyl (C=O) groups excluding carboxylic acids is 1. The number of benzene rings is 1. The lowest BCUT2D eigenvalue weighted by molar-refractivity contribution is -0.138. The molecule has 0 spiro atoms. The minimum Gasteiger partial charge on any atom is -0.480 e. The van der Waals surface area contributed by atoms with Gasteiger partial charge in [0.1, 0.15) is 12.4 Å². The molecule has 1 aromatic carbocycles. The van der Waals surface area contributed by atoms with Crippen molar-refractivity contribution in [3.05, 3.63) is 30.1 Å². The van der Waals surface area contributed by atoms with Crippen LogP contribution in [-0.2, 0) is 4.79 Å². The summed E-state index contributed by atoms with van der Waals surface area (Å²) in [5.41, 5.74) is 0.383.